The Morgan fingerprint density at radius 3 is 2.50 bits per heavy atom. The van der Waals surface area contributed by atoms with E-state index in [1.165, 1.54) is 11.3 Å². The van der Waals surface area contributed by atoms with Crippen molar-refractivity contribution in [3.63, 3.8) is 0 Å². The average molecular weight is 513 g/mol. The molecule has 0 radical (unpaired) electrons. The van der Waals surface area contributed by atoms with E-state index in [1.807, 2.05) is 24.3 Å². The van der Waals surface area contributed by atoms with Crippen molar-refractivity contribution in [3.8, 4) is 5.75 Å². The Morgan fingerprint density at radius 1 is 1.11 bits per heavy atom. The molecule has 1 aromatic heterocycles. The molecule has 0 saturated carbocycles. The van der Waals surface area contributed by atoms with E-state index in [9.17, 15) is 22.8 Å². The maximum absolute atomic E-state index is 13.9. The van der Waals surface area contributed by atoms with Crippen LogP contribution in [0.4, 0.5) is 24.5 Å². The fraction of sp³-hybridized carbons (Fsp3) is 0.259. The third-order valence-electron chi connectivity index (χ3n) is 6.60. The van der Waals surface area contributed by atoms with Crippen LogP contribution in [0, 0.1) is 6.92 Å². The van der Waals surface area contributed by atoms with Crippen molar-refractivity contribution < 1.29 is 27.5 Å². The summed E-state index contributed by atoms with van der Waals surface area (Å²) >= 11 is 1.22. The Morgan fingerprint density at radius 2 is 1.86 bits per heavy atom. The molecule has 0 bridgehead atoms. The number of aryl methyl sites for hydroxylation is 1. The van der Waals surface area contributed by atoms with Crippen LogP contribution in [0.15, 0.2) is 71.2 Å². The molecular weight excluding hydrogens is 489 g/mol. The average Bonchev–Trinajstić information content (AvgIpc) is 3.33. The number of allylic oxidation sites excluding steroid dienone is 1. The molecule has 0 spiro atoms. The van der Waals surface area contributed by atoms with Crippen LogP contribution in [0.5, 0.6) is 5.75 Å². The minimum atomic E-state index is -5.12. The first-order valence-corrected chi connectivity index (χ1v) is 12.3. The van der Waals surface area contributed by atoms with E-state index in [-0.39, 0.29) is 29.4 Å². The molecule has 0 saturated heterocycles. The molecule has 3 aromatic rings. The Kier molecular flexibility index (Phi) is 6.12. The van der Waals surface area contributed by atoms with Gasteiger partial charge in [-0.25, -0.2) is 0 Å². The molecule has 1 aliphatic carbocycles. The number of ketones is 1. The summed E-state index contributed by atoms with van der Waals surface area (Å²) in [5.74, 6) is -1.77. The molecule has 2 aromatic carbocycles. The number of hydrogen-bond acceptors (Lipinski definition) is 5. The number of halogens is 3. The molecule has 0 unspecified atom stereocenters. The number of alkyl halides is 3. The van der Waals surface area contributed by atoms with Crippen molar-refractivity contribution in [2.24, 2.45) is 0 Å². The Labute approximate surface area is 210 Å². The standard InChI is InChI=1S/C27H23F3N2O3S/c1-15-5-10-19-21(12-15)32(26(34)27(28,29)30)25(23-4-3-11-36-23)24-20(31-19)13-17(14-22(24)33)16-6-8-18(35-2)9-7-16/h3-12,17,25,31H,13-14H2,1-2H3/t17-,25-/m1/s1. The first-order valence-electron chi connectivity index (χ1n) is 11.4. The van der Waals surface area contributed by atoms with Crippen LogP contribution in [0.1, 0.15) is 40.8 Å². The number of nitrogens with one attached hydrogen (secondary N) is 1. The maximum atomic E-state index is 13.9. The molecule has 9 heteroatoms. The van der Waals surface area contributed by atoms with Gasteiger partial charge in [-0.3, -0.25) is 14.5 Å². The summed E-state index contributed by atoms with van der Waals surface area (Å²) in [5.41, 5.74) is 2.82. The third-order valence-corrected chi connectivity index (χ3v) is 7.52. The third kappa shape index (κ3) is 4.28. The highest BCUT2D eigenvalue weighted by molar-refractivity contribution is 7.10. The molecule has 2 heterocycles. The van der Waals surface area contributed by atoms with Gasteiger partial charge in [-0.1, -0.05) is 24.3 Å². The molecule has 186 valence electrons. The minimum Gasteiger partial charge on any atom is -0.497 e. The fourth-order valence-corrected chi connectivity index (χ4v) is 5.76. The van der Waals surface area contributed by atoms with E-state index in [2.05, 4.69) is 5.32 Å². The number of anilines is 2. The fourth-order valence-electron chi connectivity index (χ4n) is 4.94. The first kappa shape index (κ1) is 24.1. The van der Waals surface area contributed by atoms with E-state index < -0.39 is 18.1 Å². The van der Waals surface area contributed by atoms with E-state index in [4.69, 9.17) is 4.74 Å². The molecule has 0 fully saturated rings. The number of hydrogen-bond donors (Lipinski definition) is 1. The summed E-state index contributed by atoms with van der Waals surface area (Å²) in [6.45, 7) is 1.75. The Balaban J connectivity index is 1.69. The molecule has 2 atom stereocenters. The molecule has 1 amide bonds. The van der Waals surface area contributed by atoms with Gasteiger partial charge in [0.05, 0.1) is 18.5 Å². The van der Waals surface area contributed by atoms with E-state index in [0.29, 0.717) is 34.0 Å². The van der Waals surface area contributed by atoms with E-state index >= 15 is 0 Å². The van der Waals surface area contributed by atoms with Crippen molar-refractivity contribution in [2.75, 3.05) is 17.3 Å². The molecule has 36 heavy (non-hydrogen) atoms. The zero-order valence-corrected chi connectivity index (χ0v) is 20.4. The molecule has 5 nitrogen and oxygen atoms in total. The van der Waals surface area contributed by atoms with Crippen molar-refractivity contribution in [3.05, 3.63) is 87.3 Å². The van der Waals surface area contributed by atoms with Crippen LogP contribution < -0.4 is 15.0 Å². The SMILES string of the molecule is COc1ccc([C@H]2CC(=O)C3=C(C2)Nc2ccc(C)cc2N(C(=O)C(F)(F)F)[C@@H]3c2cccs2)cc1. The van der Waals surface area contributed by atoms with Gasteiger partial charge in [-0.2, -0.15) is 13.2 Å². The number of thiophene rings is 1. The molecule has 1 N–H and O–H groups in total. The second kappa shape index (κ2) is 9.13. The lowest BCUT2D eigenvalue weighted by Gasteiger charge is -2.34. The zero-order chi connectivity index (χ0) is 25.6. The monoisotopic (exact) mass is 512 g/mol. The van der Waals surface area contributed by atoms with Crippen LogP contribution in [-0.2, 0) is 9.59 Å². The van der Waals surface area contributed by atoms with Gasteiger partial charge in [0, 0.05) is 22.6 Å². The largest absolute Gasteiger partial charge is 0.497 e. The first-order chi connectivity index (χ1) is 17.2. The number of ether oxygens (including phenoxy) is 1. The van der Waals surface area contributed by atoms with Crippen LogP contribution >= 0.6 is 11.3 Å². The van der Waals surface area contributed by atoms with Gasteiger partial charge in [0.15, 0.2) is 5.78 Å². The summed E-state index contributed by atoms with van der Waals surface area (Å²) in [5, 5.41) is 4.98. The molecule has 5 rings (SSSR count). The van der Waals surface area contributed by atoms with Gasteiger partial charge in [0.25, 0.3) is 0 Å². The van der Waals surface area contributed by atoms with Gasteiger partial charge in [0.2, 0.25) is 0 Å². The maximum Gasteiger partial charge on any atom is 0.471 e. The lowest BCUT2D eigenvalue weighted by molar-refractivity contribution is -0.170. The van der Waals surface area contributed by atoms with Crippen molar-refractivity contribution in [1.29, 1.82) is 0 Å². The van der Waals surface area contributed by atoms with Crippen molar-refractivity contribution >= 4 is 34.4 Å². The Hall–Kier alpha value is -3.59. The number of benzene rings is 2. The normalized spacial score (nSPS) is 19.8. The highest BCUT2D eigenvalue weighted by Gasteiger charge is 2.50. The molecule has 2 aliphatic rings. The molecular formula is C27H23F3N2O3S. The van der Waals surface area contributed by atoms with Crippen LogP contribution in [0.25, 0.3) is 0 Å². The lowest BCUT2D eigenvalue weighted by atomic mass is 9.79. The molecule has 1 aliphatic heterocycles. The Bertz CT molecular complexity index is 1350. The summed E-state index contributed by atoms with van der Waals surface area (Å²) in [7, 11) is 1.57. The number of nitrogens with zero attached hydrogens (tertiary/aromatic N) is 1. The van der Waals surface area contributed by atoms with Gasteiger partial charge in [-0.05, 0) is 66.1 Å². The smallest absolute Gasteiger partial charge is 0.471 e. The van der Waals surface area contributed by atoms with Crippen LogP contribution in [0.3, 0.4) is 0 Å². The predicted molar refractivity (Wildman–Crippen MR) is 132 cm³/mol. The number of rotatable bonds is 3. The summed E-state index contributed by atoms with van der Waals surface area (Å²) < 4.78 is 47.0. The zero-order valence-electron chi connectivity index (χ0n) is 19.6. The van der Waals surface area contributed by atoms with Gasteiger partial charge >= 0.3 is 12.1 Å². The quantitative estimate of drug-likeness (QED) is 0.434. The highest BCUT2D eigenvalue weighted by Crippen LogP contribution is 2.49. The van der Waals surface area contributed by atoms with Gasteiger partial charge in [-0.15, -0.1) is 11.3 Å². The summed E-state index contributed by atoms with van der Waals surface area (Å²) in [6, 6.07) is 14.6. The minimum absolute atomic E-state index is 0.0962. The van der Waals surface area contributed by atoms with Crippen LogP contribution in [-0.4, -0.2) is 25.0 Å². The predicted octanol–water partition coefficient (Wildman–Crippen LogP) is 6.53. The highest BCUT2D eigenvalue weighted by atomic mass is 32.1. The topological polar surface area (TPSA) is 58.6 Å². The lowest BCUT2D eigenvalue weighted by Crippen LogP contribution is -2.45. The summed E-state index contributed by atoms with van der Waals surface area (Å²) in [6.07, 6.45) is -4.58. The summed E-state index contributed by atoms with van der Waals surface area (Å²) in [4.78, 5) is 27.8. The number of carbonyl (C=O) groups is 2. The van der Waals surface area contributed by atoms with E-state index in [0.717, 1.165) is 10.5 Å². The van der Waals surface area contributed by atoms with Crippen molar-refractivity contribution in [2.45, 2.75) is 37.9 Å². The van der Waals surface area contributed by atoms with Gasteiger partial charge in [0.1, 0.15) is 11.8 Å². The second-order valence-corrected chi connectivity index (χ2v) is 9.91. The number of fused-ring (bicyclic) bond motifs is 1. The van der Waals surface area contributed by atoms with Crippen LogP contribution in [0.2, 0.25) is 0 Å². The van der Waals surface area contributed by atoms with E-state index in [1.54, 1.807) is 49.7 Å². The van der Waals surface area contributed by atoms with Gasteiger partial charge < -0.3 is 10.1 Å². The number of carbonyl (C=O) groups excluding carboxylic acids is 2. The number of methoxy groups -OCH3 is 1. The number of Topliss-reactive ketones (excluding diaryl/α,β-unsaturated/α-hetero) is 1. The number of amides is 1. The van der Waals surface area contributed by atoms with Crippen molar-refractivity contribution in [1.82, 2.24) is 0 Å². The second-order valence-electron chi connectivity index (χ2n) is 8.93.